The van der Waals surface area contributed by atoms with Gasteiger partial charge in [0.05, 0.1) is 86.0 Å². The highest BCUT2D eigenvalue weighted by Gasteiger charge is 2.36. The van der Waals surface area contributed by atoms with Crippen molar-refractivity contribution >= 4 is 67.5 Å². The number of carbonyl (C=O) groups is 3. The van der Waals surface area contributed by atoms with E-state index in [9.17, 15) is 68.9 Å². The van der Waals surface area contributed by atoms with Crippen molar-refractivity contribution in [1.82, 2.24) is 59.5 Å². The minimum absolute atomic E-state index is 0. The summed E-state index contributed by atoms with van der Waals surface area (Å²) >= 11 is 2.93. The molecule has 12 aromatic rings. The molecule has 0 aliphatic rings. The van der Waals surface area contributed by atoms with E-state index in [2.05, 4.69) is 66.3 Å². The van der Waals surface area contributed by atoms with Gasteiger partial charge in [0.1, 0.15) is 50.8 Å². The van der Waals surface area contributed by atoms with Crippen LogP contribution in [0.1, 0.15) is 153 Å². The third kappa shape index (κ3) is 17.8. The Labute approximate surface area is 605 Å². The Morgan fingerprint density at radius 3 is 1.31 bits per heavy atom. The van der Waals surface area contributed by atoms with Crippen LogP contribution in [0, 0.1) is 41.5 Å². The van der Waals surface area contributed by atoms with E-state index in [-0.39, 0.29) is 53.6 Å². The number of nitrogens with zero attached hydrogens (tertiary/aromatic N) is 10. The number of rotatable bonds is 12. The number of H-pyrrole nitrogens is 2. The summed E-state index contributed by atoms with van der Waals surface area (Å²) in [5.74, 6) is 1.65. The van der Waals surface area contributed by atoms with E-state index in [0.29, 0.717) is 120 Å². The molecule has 3 aromatic carbocycles. The van der Waals surface area contributed by atoms with Gasteiger partial charge in [0.2, 0.25) is 0 Å². The average molecular weight is 1550 g/mol. The molecule has 9 heterocycles. The fourth-order valence-electron chi connectivity index (χ4n) is 10.9. The van der Waals surface area contributed by atoms with Crippen LogP contribution in [0.5, 0.6) is 12.0 Å². The quantitative estimate of drug-likeness (QED) is 0.0501. The fraction of sp³-hybridized carbons (Fsp3) is 0.324. The highest BCUT2D eigenvalue weighted by atomic mass is 79.9. The second-order valence-electron chi connectivity index (χ2n) is 25.5. The monoisotopic (exact) mass is 1550 g/mol. The lowest BCUT2D eigenvalue weighted by atomic mass is 9.96. The zero-order chi connectivity index (χ0) is 78.0. The number of imidazole rings is 3. The lowest BCUT2D eigenvalue weighted by Gasteiger charge is -2.20. The second-order valence-corrected chi connectivity index (χ2v) is 26.4. The molecule has 0 fully saturated rings. The van der Waals surface area contributed by atoms with E-state index in [0.717, 1.165) is 46.7 Å². The maximum Gasteiger partial charge on any atom is 0.423 e. The van der Waals surface area contributed by atoms with Crippen LogP contribution in [0.25, 0.3) is 66.5 Å². The van der Waals surface area contributed by atoms with Crippen LogP contribution in [-0.2, 0) is 28.0 Å². The highest BCUT2D eigenvalue weighted by molar-refractivity contribution is 9.10. The summed E-state index contributed by atoms with van der Waals surface area (Å²) in [4.78, 5) is 74.8. The molecule has 0 aliphatic heterocycles. The second kappa shape index (κ2) is 30.9. The van der Waals surface area contributed by atoms with Gasteiger partial charge in [-0.25, -0.2) is 19.4 Å². The number of aryl methyl sites for hydroxylation is 6. The van der Waals surface area contributed by atoms with E-state index in [1.807, 2.05) is 6.92 Å². The van der Waals surface area contributed by atoms with Crippen LogP contribution >= 0.6 is 15.9 Å². The number of aromatic nitrogens is 12. The summed E-state index contributed by atoms with van der Waals surface area (Å²) < 4.78 is 154. The first-order valence-electron chi connectivity index (χ1n) is 32.0. The third-order valence-electron chi connectivity index (χ3n) is 15.4. The smallest absolute Gasteiger partial charge is 0.423 e. The van der Waals surface area contributed by atoms with Gasteiger partial charge in [0.25, 0.3) is 0 Å². The Balaban J connectivity index is 0.000000190. The lowest BCUT2D eigenvalue weighted by molar-refractivity contribution is -0.138. The SMILES string of the molecule is CCOc1nc2c(C(O)c3ccc(C(F)(F)F)cn3)cc(-c3c(C)noc3C)cc2n1C(=O)OC(C)(C)C.CCOc1nc2c(C=O)cc(-c3c(C)noc3C)cc2n1C(=O)OC(C)(C)C.Cc1noc(C)c1-c1cc(C(O)c2ccc(C(F)(F)F)cn2)c2[nH]c(=O)[nH]c2c1.FC(F)(F)c1ccc(Br)nc1.[2HH]. The van der Waals surface area contributed by atoms with Gasteiger partial charge < -0.3 is 52.7 Å². The number of aldehydes is 1. The molecule has 0 aliphatic carbocycles. The van der Waals surface area contributed by atoms with Crippen molar-refractivity contribution in [2.45, 2.75) is 139 Å². The summed E-state index contributed by atoms with van der Waals surface area (Å²) in [5, 5.41) is 34.0. The third-order valence-corrected chi connectivity index (χ3v) is 15.9. The molecule has 35 heteroatoms. The predicted octanol–water partition coefficient (Wildman–Crippen LogP) is 17.0. The van der Waals surface area contributed by atoms with E-state index in [1.165, 1.54) is 10.6 Å². The Bertz CT molecular complexity index is 5200. The number of pyridine rings is 3. The Kier molecular flexibility index (Phi) is 23.1. The van der Waals surface area contributed by atoms with Gasteiger partial charge in [-0.15, -0.1) is 0 Å². The summed E-state index contributed by atoms with van der Waals surface area (Å²) in [7, 11) is 0. The number of nitrogens with one attached hydrogen (secondary N) is 2. The van der Waals surface area contributed by atoms with E-state index >= 15 is 0 Å². The molecule has 9 aromatic heterocycles. The molecule has 25 nitrogen and oxygen atoms in total. The van der Waals surface area contributed by atoms with Gasteiger partial charge in [0, 0.05) is 53.4 Å². The van der Waals surface area contributed by atoms with Gasteiger partial charge >= 0.3 is 48.4 Å². The molecule has 2 atom stereocenters. The molecule has 0 bridgehead atoms. The molecule has 0 spiro atoms. The molecular weight excluding hydrogens is 1480 g/mol. The normalized spacial score (nSPS) is 12.6. The zero-order valence-corrected chi connectivity index (χ0v) is 60.5. The van der Waals surface area contributed by atoms with Crippen LogP contribution < -0.4 is 15.2 Å². The Morgan fingerprint density at radius 1 is 0.557 bits per heavy atom. The van der Waals surface area contributed by atoms with Crippen LogP contribution in [0.4, 0.5) is 49.1 Å². The van der Waals surface area contributed by atoms with Crippen molar-refractivity contribution in [3.63, 3.8) is 0 Å². The van der Waals surface area contributed by atoms with Gasteiger partial charge in [-0.3, -0.25) is 14.8 Å². The number of hydrogen-bond donors (Lipinski definition) is 4. The first-order chi connectivity index (χ1) is 49.5. The Hall–Kier alpha value is -11.1. The van der Waals surface area contributed by atoms with Gasteiger partial charge in [0.15, 0.2) is 6.29 Å². The first-order valence-corrected chi connectivity index (χ1v) is 32.8. The molecule has 0 radical (unpaired) electrons. The number of aliphatic hydroxyl groups excluding tert-OH is 2. The molecule has 562 valence electrons. The van der Waals surface area contributed by atoms with Crippen molar-refractivity contribution in [2.75, 3.05) is 13.2 Å². The molecule has 2 unspecified atom stereocenters. The number of halogens is 10. The minimum atomic E-state index is -4.58. The molecule has 12 rings (SSSR count). The van der Waals surface area contributed by atoms with Gasteiger partial charge in [-0.2, -0.15) is 58.6 Å². The number of carbonyl (C=O) groups excluding carboxylic acids is 3. The molecular formula is C71H70BrF9N12O13. The molecule has 0 saturated carbocycles. The topological polar surface area (TPSA) is 330 Å². The predicted molar refractivity (Wildman–Crippen MR) is 370 cm³/mol. The number of hydrogen-bond acceptors (Lipinski definition) is 21. The maximum atomic E-state index is 13.3. The highest BCUT2D eigenvalue weighted by Crippen LogP contribution is 2.41. The number of aromatic amines is 2. The standard InChI is InChI=1S/C26H27F3N4O5.C20H23N3O5.C19H15F3N4O3.C6H3BrF3N.H2/c1-7-36-23-31-21-17(22(34)18-9-8-16(12-30-18)26(27,28)29)10-15(20-13(2)32-38-14(20)3)11-19(21)33(23)24(35)37-25(4,5)6;1-7-26-18-21-17-14(10-24)8-13(16-11(2)22-28-12(16)3)9-15(17)23(18)19(25)27-20(4,5)6;1-8-15(9(2)29-26-8)10-5-12(16-14(6-10)24-18(28)25-16)17(27)13-4-3-11(7-23-13)19(20,21)22;7-5-2-1-4(3-11-5)6(8,9)10;/h8-12,22,34H,7H2,1-6H3;8-10H,7H2,1-6H3;3-7,17,27H,1-2H3,(H2,24,25,28);1-3H;1H/i;;;;1+1. The summed E-state index contributed by atoms with van der Waals surface area (Å²) in [5.41, 5.74) is 3.91. The Morgan fingerprint density at radius 2 is 0.943 bits per heavy atom. The van der Waals surface area contributed by atoms with Gasteiger partial charge in [-0.1, -0.05) is 15.5 Å². The van der Waals surface area contributed by atoms with E-state index in [1.54, 1.807) is 126 Å². The summed E-state index contributed by atoms with van der Waals surface area (Å²) in [6, 6.07) is 16.2. The van der Waals surface area contributed by atoms with Crippen molar-refractivity contribution in [1.29, 1.82) is 0 Å². The lowest BCUT2D eigenvalue weighted by Crippen LogP contribution is -2.27. The van der Waals surface area contributed by atoms with Crippen LogP contribution in [0.3, 0.4) is 0 Å². The summed E-state index contributed by atoms with van der Waals surface area (Å²) in [6.07, 6.45) is -14.9. The average Bonchev–Trinajstić information content (AvgIpc) is 1.64. The van der Waals surface area contributed by atoms with Gasteiger partial charge in [-0.05, 0) is 202 Å². The molecule has 4 N–H and O–H groups in total. The number of benzene rings is 3. The zero-order valence-electron chi connectivity index (χ0n) is 58.9. The molecule has 0 amide bonds. The van der Waals surface area contributed by atoms with E-state index in [4.69, 9.17) is 32.5 Å². The fourth-order valence-corrected chi connectivity index (χ4v) is 11.2. The number of fused-ring (bicyclic) bond motifs is 3. The number of alkyl halides is 9. The number of aliphatic hydroxyl groups is 2. The molecule has 106 heavy (non-hydrogen) atoms. The van der Waals surface area contributed by atoms with Crippen LogP contribution in [0.2, 0.25) is 0 Å². The first kappa shape index (κ1) is 79.1. The van der Waals surface area contributed by atoms with Crippen LogP contribution in [0.15, 0.2) is 114 Å². The van der Waals surface area contributed by atoms with Crippen molar-refractivity contribution in [3.05, 3.63) is 186 Å². The van der Waals surface area contributed by atoms with Crippen LogP contribution in [-0.4, -0.2) is 113 Å². The number of ether oxygens (including phenoxy) is 4. The largest absolute Gasteiger partial charge is 0.465 e. The molecule has 0 saturated heterocycles. The maximum absolute atomic E-state index is 13.3. The van der Waals surface area contributed by atoms with Crippen molar-refractivity contribution < 1.29 is 98.1 Å². The van der Waals surface area contributed by atoms with Crippen molar-refractivity contribution in [2.24, 2.45) is 0 Å². The summed E-state index contributed by atoms with van der Waals surface area (Å²) in [6.45, 7) is 25.0. The minimum Gasteiger partial charge on any atom is -0.465 e. The van der Waals surface area contributed by atoms with E-state index < -0.39 is 76.5 Å². The van der Waals surface area contributed by atoms with Crippen molar-refractivity contribution in [3.8, 4) is 45.4 Å².